The highest BCUT2D eigenvalue weighted by atomic mass is 16.5. The van der Waals surface area contributed by atoms with Crippen molar-refractivity contribution in [2.24, 2.45) is 5.73 Å². The summed E-state index contributed by atoms with van der Waals surface area (Å²) in [6.45, 7) is 0. The average Bonchev–Trinajstić information content (AvgIpc) is 2.74. The summed E-state index contributed by atoms with van der Waals surface area (Å²) >= 11 is 0. The van der Waals surface area contributed by atoms with Gasteiger partial charge in [0.05, 0.1) is 7.11 Å². The van der Waals surface area contributed by atoms with Crippen LogP contribution in [0, 0.1) is 0 Å². The molecule has 1 atom stereocenters. The minimum atomic E-state index is -0.812. The van der Waals surface area contributed by atoms with Crippen LogP contribution in [0.4, 0.5) is 0 Å². The van der Waals surface area contributed by atoms with Crippen molar-refractivity contribution in [3.8, 4) is 16.9 Å². The zero-order valence-electron chi connectivity index (χ0n) is 15.6. The van der Waals surface area contributed by atoms with E-state index in [0.29, 0.717) is 17.7 Å². The molecule has 3 rings (SSSR count). The van der Waals surface area contributed by atoms with Crippen molar-refractivity contribution in [1.82, 2.24) is 5.32 Å². The number of rotatable bonds is 7. The van der Waals surface area contributed by atoms with Crippen molar-refractivity contribution in [3.63, 3.8) is 0 Å². The number of carbonyl (C=O) groups excluding carboxylic acids is 2. The quantitative estimate of drug-likeness (QED) is 0.666. The van der Waals surface area contributed by atoms with E-state index in [0.717, 1.165) is 16.7 Å². The molecule has 0 spiro atoms. The van der Waals surface area contributed by atoms with Gasteiger partial charge in [0.2, 0.25) is 5.91 Å². The maximum atomic E-state index is 12.6. The van der Waals surface area contributed by atoms with Gasteiger partial charge in [0.15, 0.2) is 0 Å². The number of hydrogen-bond donors (Lipinski definition) is 2. The Labute approximate surface area is 164 Å². The van der Waals surface area contributed by atoms with Crippen LogP contribution in [0.3, 0.4) is 0 Å². The van der Waals surface area contributed by atoms with Crippen LogP contribution in [0.25, 0.3) is 11.1 Å². The van der Waals surface area contributed by atoms with E-state index in [1.807, 2.05) is 66.7 Å². The Balaban J connectivity index is 1.71. The van der Waals surface area contributed by atoms with Gasteiger partial charge in [-0.2, -0.15) is 0 Å². The van der Waals surface area contributed by atoms with Gasteiger partial charge in [0, 0.05) is 12.0 Å². The lowest BCUT2D eigenvalue weighted by molar-refractivity contribution is -0.119. The topological polar surface area (TPSA) is 81.4 Å². The predicted molar refractivity (Wildman–Crippen MR) is 109 cm³/mol. The maximum Gasteiger partial charge on any atom is 0.251 e. The molecule has 0 aromatic heterocycles. The number of amides is 2. The lowest BCUT2D eigenvalue weighted by Gasteiger charge is -2.16. The third-order valence-corrected chi connectivity index (χ3v) is 4.48. The molecule has 0 aliphatic rings. The Hall–Kier alpha value is -3.60. The second-order valence-electron chi connectivity index (χ2n) is 6.43. The molecule has 0 aliphatic carbocycles. The van der Waals surface area contributed by atoms with Crippen molar-refractivity contribution in [2.45, 2.75) is 12.5 Å². The van der Waals surface area contributed by atoms with E-state index in [-0.39, 0.29) is 5.91 Å². The van der Waals surface area contributed by atoms with Crippen molar-refractivity contribution in [1.29, 1.82) is 0 Å². The first-order valence-corrected chi connectivity index (χ1v) is 8.95. The van der Waals surface area contributed by atoms with Gasteiger partial charge < -0.3 is 15.8 Å². The molecule has 142 valence electrons. The number of hydrogen-bond acceptors (Lipinski definition) is 3. The lowest BCUT2D eigenvalue weighted by Crippen LogP contribution is -2.45. The molecule has 3 aromatic carbocycles. The van der Waals surface area contributed by atoms with Crippen molar-refractivity contribution in [3.05, 3.63) is 90.0 Å². The Kier molecular flexibility index (Phi) is 6.07. The number of nitrogens with one attached hydrogen (secondary N) is 1. The van der Waals surface area contributed by atoms with E-state index in [2.05, 4.69) is 5.32 Å². The molecule has 0 saturated heterocycles. The highest BCUT2D eigenvalue weighted by Gasteiger charge is 2.19. The summed E-state index contributed by atoms with van der Waals surface area (Å²) in [7, 11) is 1.57. The number of carbonyl (C=O) groups is 2. The Morgan fingerprint density at radius 3 is 2.25 bits per heavy atom. The second-order valence-corrected chi connectivity index (χ2v) is 6.43. The third kappa shape index (κ3) is 4.76. The highest BCUT2D eigenvalue weighted by Crippen LogP contribution is 2.19. The molecule has 5 nitrogen and oxygen atoms in total. The first-order valence-electron chi connectivity index (χ1n) is 8.95. The number of ether oxygens (including phenoxy) is 1. The Morgan fingerprint density at radius 2 is 1.61 bits per heavy atom. The average molecular weight is 374 g/mol. The van der Waals surface area contributed by atoms with Crippen LogP contribution in [0.2, 0.25) is 0 Å². The number of methoxy groups -OCH3 is 1. The Morgan fingerprint density at radius 1 is 0.929 bits per heavy atom. The van der Waals surface area contributed by atoms with E-state index in [9.17, 15) is 9.59 Å². The summed E-state index contributed by atoms with van der Waals surface area (Å²) in [5, 5.41) is 2.72. The van der Waals surface area contributed by atoms with Gasteiger partial charge >= 0.3 is 0 Å². The highest BCUT2D eigenvalue weighted by molar-refractivity contribution is 5.97. The smallest absolute Gasteiger partial charge is 0.251 e. The molecule has 0 heterocycles. The van der Waals surface area contributed by atoms with Gasteiger partial charge in [0.1, 0.15) is 11.8 Å². The summed E-state index contributed by atoms with van der Waals surface area (Å²) in [6, 6.07) is 23.6. The summed E-state index contributed by atoms with van der Waals surface area (Å²) in [5.74, 6) is -0.244. The van der Waals surface area contributed by atoms with Crippen LogP contribution in [0.1, 0.15) is 15.9 Å². The second kappa shape index (κ2) is 8.86. The summed E-state index contributed by atoms with van der Waals surface area (Å²) < 4.78 is 5.19. The molecular formula is C23H22N2O3. The van der Waals surface area contributed by atoms with E-state index in [4.69, 9.17) is 10.5 Å². The molecule has 0 aliphatic heterocycles. The summed E-state index contributed by atoms with van der Waals surface area (Å²) in [4.78, 5) is 24.4. The minimum Gasteiger partial charge on any atom is -0.497 e. The standard InChI is InChI=1S/C23H22N2O3/c1-28-20-9-5-6-16(14-20)15-21(22(24)26)25-23(27)19-12-10-18(11-13-19)17-7-3-2-4-8-17/h2-14,21H,15H2,1H3,(H2,24,26)(H,25,27)/t21-/m0/s1. The number of primary amides is 1. The monoisotopic (exact) mass is 374 g/mol. The molecular weight excluding hydrogens is 352 g/mol. The van der Waals surface area contributed by atoms with E-state index in [1.54, 1.807) is 19.2 Å². The van der Waals surface area contributed by atoms with Crippen molar-refractivity contribution in [2.75, 3.05) is 7.11 Å². The lowest BCUT2D eigenvalue weighted by atomic mass is 10.0. The van der Waals surface area contributed by atoms with Gasteiger partial charge in [-0.05, 0) is 41.0 Å². The fraction of sp³-hybridized carbons (Fsp3) is 0.130. The fourth-order valence-electron chi connectivity index (χ4n) is 2.94. The molecule has 2 amide bonds. The van der Waals surface area contributed by atoms with E-state index >= 15 is 0 Å². The fourth-order valence-corrected chi connectivity index (χ4v) is 2.94. The summed E-state index contributed by atoms with van der Waals surface area (Å²) in [5.41, 5.74) is 8.90. The number of benzene rings is 3. The van der Waals surface area contributed by atoms with E-state index in [1.165, 1.54) is 0 Å². The zero-order chi connectivity index (χ0) is 19.9. The first kappa shape index (κ1) is 19.2. The first-order chi connectivity index (χ1) is 13.6. The summed E-state index contributed by atoms with van der Waals surface area (Å²) in [6.07, 6.45) is 0.292. The normalized spacial score (nSPS) is 11.5. The van der Waals surface area contributed by atoms with Gasteiger partial charge in [-0.1, -0.05) is 54.6 Å². The van der Waals surface area contributed by atoms with Gasteiger partial charge in [-0.15, -0.1) is 0 Å². The van der Waals surface area contributed by atoms with Crippen LogP contribution in [0.15, 0.2) is 78.9 Å². The molecule has 28 heavy (non-hydrogen) atoms. The molecule has 0 radical (unpaired) electrons. The van der Waals surface area contributed by atoms with Gasteiger partial charge in [-0.25, -0.2) is 0 Å². The SMILES string of the molecule is COc1cccc(C[C@H](NC(=O)c2ccc(-c3ccccc3)cc2)C(N)=O)c1. The van der Waals surface area contributed by atoms with Crippen LogP contribution < -0.4 is 15.8 Å². The predicted octanol–water partition coefficient (Wildman–Crippen LogP) is 3.19. The van der Waals surface area contributed by atoms with Crippen molar-refractivity contribution < 1.29 is 14.3 Å². The van der Waals surface area contributed by atoms with Crippen LogP contribution >= 0.6 is 0 Å². The molecule has 0 saturated carbocycles. The zero-order valence-corrected chi connectivity index (χ0v) is 15.6. The molecule has 5 heteroatoms. The minimum absolute atomic E-state index is 0.292. The molecule has 0 fully saturated rings. The van der Waals surface area contributed by atoms with Crippen LogP contribution in [0.5, 0.6) is 5.75 Å². The Bertz CT molecular complexity index is 953. The van der Waals surface area contributed by atoms with Gasteiger partial charge in [-0.3, -0.25) is 9.59 Å². The third-order valence-electron chi connectivity index (χ3n) is 4.48. The molecule has 3 aromatic rings. The van der Waals surface area contributed by atoms with Crippen molar-refractivity contribution >= 4 is 11.8 Å². The van der Waals surface area contributed by atoms with Crippen LogP contribution in [-0.2, 0) is 11.2 Å². The number of nitrogens with two attached hydrogens (primary N) is 1. The largest absolute Gasteiger partial charge is 0.497 e. The van der Waals surface area contributed by atoms with Gasteiger partial charge in [0.25, 0.3) is 5.91 Å². The van der Waals surface area contributed by atoms with E-state index < -0.39 is 11.9 Å². The van der Waals surface area contributed by atoms with Crippen LogP contribution in [-0.4, -0.2) is 25.0 Å². The maximum absolute atomic E-state index is 12.6. The molecule has 3 N–H and O–H groups in total. The molecule has 0 unspecified atom stereocenters. The molecule has 0 bridgehead atoms.